The van der Waals surface area contributed by atoms with Crippen molar-refractivity contribution in [3.63, 3.8) is 0 Å². The molecule has 134 valence electrons. The lowest BCUT2D eigenvalue weighted by Gasteiger charge is -2.06. The lowest BCUT2D eigenvalue weighted by Crippen LogP contribution is -2.19. The van der Waals surface area contributed by atoms with Crippen LogP contribution in [-0.2, 0) is 11.2 Å². The molecule has 7 nitrogen and oxygen atoms in total. The standard InChI is InChI=1S/C20H17N5O2/c26-18(10-13-11-21-16-9-5-4-8-15(13)16)24-17-12-22-25-19(17)20(27)23-14-6-2-1-3-7-14/h1-9,11-12,21H,10H2,(H,22,25)(H,23,27)(H,24,26). The summed E-state index contributed by atoms with van der Waals surface area (Å²) in [7, 11) is 0. The Morgan fingerprint density at radius 1 is 0.926 bits per heavy atom. The third kappa shape index (κ3) is 3.57. The Morgan fingerprint density at radius 3 is 2.56 bits per heavy atom. The summed E-state index contributed by atoms with van der Waals surface area (Å²) in [5.74, 6) is -0.625. The first-order chi connectivity index (χ1) is 13.2. The Bertz CT molecular complexity index is 1100. The van der Waals surface area contributed by atoms with Crippen LogP contribution in [0.5, 0.6) is 0 Å². The van der Waals surface area contributed by atoms with Crippen LogP contribution in [0.4, 0.5) is 11.4 Å². The van der Waals surface area contributed by atoms with Crippen LogP contribution >= 0.6 is 0 Å². The number of anilines is 2. The van der Waals surface area contributed by atoms with E-state index in [0.29, 0.717) is 11.4 Å². The van der Waals surface area contributed by atoms with Gasteiger partial charge >= 0.3 is 0 Å². The molecule has 7 heteroatoms. The zero-order valence-corrected chi connectivity index (χ0v) is 14.3. The minimum absolute atomic E-state index is 0.131. The molecule has 2 aromatic heterocycles. The molecule has 0 spiro atoms. The largest absolute Gasteiger partial charge is 0.361 e. The first kappa shape index (κ1) is 16.6. The smallest absolute Gasteiger partial charge is 0.278 e. The number of rotatable bonds is 5. The molecule has 0 aliphatic carbocycles. The second kappa shape index (κ2) is 7.17. The van der Waals surface area contributed by atoms with Crippen molar-refractivity contribution in [2.75, 3.05) is 10.6 Å². The van der Waals surface area contributed by atoms with Gasteiger partial charge in [-0.3, -0.25) is 14.7 Å². The van der Waals surface area contributed by atoms with Gasteiger partial charge in [-0.2, -0.15) is 5.10 Å². The molecule has 2 aromatic carbocycles. The Hall–Kier alpha value is -3.87. The van der Waals surface area contributed by atoms with E-state index in [1.807, 2.05) is 48.7 Å². The topological polar surface area (TPSA) is 103 Å². The fourth-order valence-corrected chi connectivity index (χ4v) is 2.92. The highest BCUT2D eigenvalue weighted by atomic mass is 16.2. The van der Waals surface area contributed by atoms with Gasteiger partial charge in [-0.15, -0.1) is 0 Å². The van der Waals surface area contributed by atoms with E-state index in [2.05, 4.69) is 25.8 Å². The van der Waals surface area contributed by atoms with E-state index in [4.69, 9.17) is 0 Å². The lowest BCUT2D eigenvalue weighted by molar-refractivity contribution is -0.115. The predicted octanol–water partition coefficient (Wildman–Crippen LogP) is 3.32. The average molecular weight is 359 g/mol. The Balaban J connectivity index is 1.46. The number of nitrogens with one attached hydrogen (secondary N) is 4. The molecule has 0 saturated heterocycles. The molecule has 0 radical (unpaired) electrons. The van der Waals surface area contributed by atoms with Gasteiger partial charge in [0, 0.05) is 29.0 Å². The molecule has 0 aliphatic heterocycles. The number of carbonyl (C=O) groups is 2. The summed E-state index contributed by atoms with van der Waals surface area (Å²) in [6.07, 6.45) is 3.50. The first-order valence-corrected chi connectivity index (χ1v) is 8.46. The highest BCUT2D eigenvalue weighted by Gasteiger charge is 2.17. The van der Waals surface area contributed by atoms with Gasteiger partial charge in [0.05, 0.1) is 12.1 Å². The monoisotopic (exact) mass is 359 g/mol. The molecule has 4 rings (SSSR count). The average Bonchev–Trinajstić information content (AvgIpc) is 3.30. The summed E-state index contributed by atoms with van der Waals surface area (Å²) in [4.78, 5) is 28.0. The normalized spacial score (nSPS) is 10.7. The third-order valence-electron chi connectivity index (χ3n) is 4.19. The third-order valence-corrected chi connectivity index (χ3v) is 4.19. The van der Waals surface area contributed by atoms with Gasteiger partial charge in [0.1, 0.15) is 0 Å². The van der Waals surface area contributed by atoms with Crippen molar-refractivity contribution in [1.29, 1.82) is 0 Å². The zero-order valence-electron chi connectivity index (χ0n) is 14.3. The second-order valence-corrected chi connectivity index (χ2v) is 6.05. The molecule has 4 N–H and O–H groups in total. The van der Waals surface area contributed by atoms with Crippen molar-refractivity contribution < 1.29 is 9.59 Å². The van der Waals surface area contributed by atoms with Gasteiger partial charge in [-0.05, 0) is 23.8 Å². The maximum absolute atomic E-state index is 12.5. The predicted molar refractivity (Wildman–Crippen MR) is 104 cm³/mol. The number of para-hydroxylation sites is 2. The van der Waals surface area contributed by atoms with Crippen LogP contribution in [0.25, 0.3) is 10.9 Å². The van der Waals surface area contributed by atoms with Crippen LogP contribution < -0.4 is 10.6 Å². The highest BCUT2D eigenvalue weighted by molar-refractivity contribution is 6.09. The van der Waals surface area contributed by atoms with Crippen LogP contribution in [0.15, 0.2) is 67.0 Å². The molecular formula is C20H17N5O2. The summed E-state index contributed by atoms with van der Waals surface area (Å²) < 4.78 is 0. The number of benzene rings is 2. The molecule has 0 fully saturated rings. The molecule has 4 aromatic rings. The summed E-state index contributed by atoms with van der Waals surface area (Å²) in [5, 5.41) is 13.1. The number of nitrogens with zero attached hydrogens (tertiary/aromatic N) is 1. The summed E-state index contributed by atoms with van der Waals surface area (Å²) in [5.41, 5.74) is 2.99. The molecule has 2 heterocycles. The van der Waals surface area contributed by atoms with Crippen molar-refractivity contribution in [1.82, 2.24) is 15.2 Å². The van der Waals surface area contributed by atoms with Gasteiger partial charge < -0.3 is 15.6 Å². The second-order valence-electron chi connectivity index (χ2n) is 6.05. The molecule has 0 unspecified atom stereocenters. The van der Waals surface area contributed by atoms with Gasteiger partial charge in [0.15, 0.2) is 5.69 Å². The number of fused-ring (bicyclic) bond motifs is 1. The molecule has 2 amide bonds. The number of H-pyrrole nitrogens is 2. The van der Waals surface area contributed by atoms with Crippen LogP contribution in [0.3, 0.4) is 0 Å². The molecule has 0 bridgehead atoms. The molecule has 0 aliphatic rings. The van der Waals surface area contributed by atoms with E-state index in [1.165, 1.54) is 6.20 Å². The van der Waals surface area contributed by atoms with E-state index >= 15 is 0 Å². The minimum atomic E-state index is -0.398. The fraction of sp³-hybridized carbons (Fsp3) is 0.0500. The van der Waals surface area contributed by atoms with Crippen molar-refractivity contribution in [3.05, 3.63) is 78.2 Å². The molecule has 27 heavy (non-hydrogen) atoms. The zero-order chi connectivity index (χ0) is 18.6. The summed E-state index contributed by atoms with van der Waals surface area (Å²) in [6, 6.07) is 16.9. The van der Waals surface area contributed by atoms with Crippen LogP contribution in [0.2, 0.25) is 0 Å². The highest BCUT2D eigenvalue weighted by Crippen LogP contribution is 2.19. The van der Waals surface area contributed by atoms with E-state index in [-0.39, 0.29) is 18.0 Å². The lowest BCUT2D eigenvalue weighted by atomic mass is 10.1. The van der Waals surface area contributed by atoms with E-state index < -0.39 is 5.91 Å². The molecular weight excluding hydrogens is 342 g/mol. The van der Waals surface area contributed by atoms with Gasteiger partial charge in [-0.1, -0.05) is 36.4 Å². The Kier molecular flexibility index (Phi) is 4.40. The first-order valence-electron chi connectivity index (χ1n) is 8.46. The maximum atomic E-state index is 12.5. The Labute approximate surface area is 154 Å². The van der Waals surface area contributed by atoms with Crippen molar-refractivity contribution >= 4 is 34.1 Å². The van der Waals surface area contributed by atoms with Crippen LogP contribution in [0.1, 0.15) is 16.1 Å². The number of hydrogen-bond acceptors (Lipinski definition) is 3. The minimum Gasteiger partial charge on any atom is -0.361 e. The number of amides is 2. The van der Waals surface area contributed by atoms with Crippen molar-refractivity contribution in [2.24, 2.45) is 0 Å². The maximum Gasteiger partial charge on any atom is 0.278 e. The van der Waals surface area contributed by atoms with Crippen molar-refractivity contribution in [2.45, 2.75) is 6.42 Å². The van der Waals surface area contributed by atoms with Gasteiger partial charge in [0.2, 0.25) is 5.91 Å². The van der Waals surface area contributed by atoms with Crippen molar-refractivity contribution in [3.8, 4) is 0 Å². The van der Waals surface area contributed by atoms with E-state index in [0.717, 1.165) is 16.5 Å². The summed E-state index contributed by atoms with van der Waals surface area (Å²) >= 11 is 0. The summed E-state index contributed by atoms with van der Waals surface area (Å²) in [6.45, 7) is 0. The van der Waals surface area contributed by atoms with Crippen LogP contribution in [-0.4, -0.2) is 27.0 Å². The quantitative estimate of drug-likeness (QED) is 0.439. The van der Waals surface area contributed by atoms with Gasteiger partial charge in [0.25, 0.3) is 5.91 Å². The number of carbonyl (C=O) groups excluding carboxylic acids is 2. The number of aromatic nitrogens is 3. The SMILES string of the molecule is O=C(Cc1c[nH]c2ccccc12)Nc1c[nH]nc1C(=O)Nc1ccccc1. The fourth-order valence-electron chi connectivity index (χ4n) is 2.92. The van der Waals surface area contributed by atoms with Gasteiger partial charge in [-0.25, -0.2) is 0 Å². The van der Waals surface area contributed by atoms with E-state index in [1.54, 1.807) is 12.1 Å². The molecule has 0 atom stereocenters. The molecule has 0 saturated carbocycles. The Morgan fingerprint density at radius 2 is 1.70 bits per heavy atom. The number of hydrogen-bond donors (Lipinski definition) is 4. The number of aromatic amines is 2. The van der Waals surface area contributed by atoms with Crippen LogP contribution in [0, 0.1) is 0 Å². The van der Waals surface area contributed by atoms with E-state index in [9.17, 15) is 9.59 Å².